The predicted molar refractivity (Wildman–Crippen MR) is 75.0 cm³/mol. The van der Waals surface area contributed by atoms with Gasteiger partial charge in [-0.3, -0.25) is 4.79 Å². The van der Waals surface area contributed by atoms with Gasteiger partial charge in [0.25, 0.3) is 5.91 Å². The summed E-state index contributed by atoms with van der Waals surface area (Å²) in [6.45, 7) is 0.282. The van der Waals surface area contributed by atoms with E-state index in [2.05, 4.69) is 5.32 Å². The van der Waals surface area contributed by atoms with Crippen LogP contribution in [-0.2, 0) is 6.54 Å². The number of halogens is 1. The number of hydrogen-bond donors (Lipinski definition) is 2. The molecule has 0 spiro atoms. The molecule has 0 aliphatic heterocycles. The summed E-state index contributed by atoms with van der Waals surface area (Å²) in [5, 5.41) is 2.64. The van der Waals surface area contributed by atoms with E-state index in [9.17, 15) is 9.18 Å². The van der Waals surface area contributed by atoms with Gasteiger partial charge >= 0.3 is 0 Å². The van der Waals surface area contributed by atoms with Crippen LogP contribution in [0, 0.1) is 5.82 Å². The predicted octanol–water partition coefficient (Wildman–Crippen LogP) is 2.35. The molecule has 104 valence electrons. The molecule has 0 atom stereocenters. The van der Waals surface area contributed by atoms with Crippen LogP contribution in [0.5, 0.6) is 5.75 Å². The van der Waals surface area contributed by atoms with Gasteiger partial charge in [0.1, 0.15) is 11.6 Å². The topological polar surface area (TPSA) is 64.3 Å². The number of anilines is 1. The highest BCUT2D eigenvalue weighted by molar-refractivity contribution is 5.95. The van der Waals surface area contributed by atoms with E-state index in [-0.39, 0.29) is 12.1 Å². The first-order valence-corrected chi connectivity index (χ1v) is 6.06. The molecule has 5 heteroatoms. The molecule has 1 amide bonds. The van der Waals surface area contributed by atoms with E-state index < -0.39 is 11.7 Å². The quantitative estimate of drug-likeness (QED) is 0.841. The van der Waals surface area contributed by atoms with Gasteiger partial charge in [-0.15, -0.1) is 0 Å². The number of amides is 1. The number of nitrogens with one attached hydrogen (secondary N) is 1. The fourth-order valence-electron chi connectivity index (χ4n) is 1.78. The fraction of sp³-hybridized carbons (Fsp3) is 0.133. The lowest BCUT2D eigenvalue weighted by molar-refractivity contribution is 0.0947. The van der Waals surface area contributed by atoms with Crippen molar-refractivity contribution in [3.8, 4) is 5.75 Å². The molecule has 0 saturated heterocycles. The third kappa shape index (κ3) is 3.26. The molecule has 0 aromatic heterocycles. The van der Waals surface area contributed by atoms with Gasteiger partial charge in [-0.2, -0.15) is 0 Å². The summed E-state index contributed by atoms with van der Waals surface area (Å²) in [6, 6.07) is 11.2. The van der Waals surface area contributed by atoms with Gasteiger partial charge in [0.05, 0.1) is 12.7 Å². The van der Waals surface area contributed by atoms with Gasteiger partial charge in [0.15, 0.2) is 0 Å². The van der Waals surface area contributed by atoms with Gasteiger partial charge < -0.3 is 15.8 Å². The Labute approximate surface area is 116 Å². The molecular weight excluding hydrogens is 259 g/mol. The van der Waals surface area contributed by atoms with Crippen LogP contribution in [0.1, 0.15) is 15.9 Å². The van der Waals surface area contributed by atoms with Crippen molar-refractivity contribution in [2.75, 3.05) is 12.8 Å². The SMILES string of the molecule is COc1cccc(CNC(=O)c2cc(N)ccc2F)c1. The summed E-state index contributed by atoms with van der Waals surface area (Å²) in [4.78, 5) is 11.9. The number of ether oxygens (including phenoxy) is 1. The molecule has 0 fully saturated rings. The van der Waals surface area contributed by atoms with Crippen LogP contribution in [0.3, 0.4) is 0 Å². The zero-order valence-electron chi connectivity index (χ0n) is 11.0. The maximum absolute atomic E-state index is 13.5. The lowest BCUT2D eigenvalue weighted by atomic mass is 10.1. The second kappa shape index (κ2) is 6.06. The summed E-state index contributed by atoms with van der Waals surface area (Å²) in [5.74, 6) is -0.396. The molecule has 0 unspecified atom stereocenters. The number of nitrogen functional groups attached to an aromatic ring is 1. The summed E-state index contributed by atoms with van der Waals surface area (Å²) >= 11 is 0. The maximum atomic E-state index is 13.5. The summed E-state index contributed by atoms with van der Waals surface area (Å²) in [7, 11) is 1.57. The Kier molecular flexibility index (Phi) is 4.20. The van der Waals surface area contributed by atoms with Crippen molar-refractivity contribution in [1.29, 1.82) is 0 Å². The van der Waals surface area contributed by atoms with Gasteiger partial charge in [0.2, 0.25) is 0 Å². The molecule has 0 aliphatic rings. The van der Waals surface area contributed by atoms with E-state index in [1.54, 1.807) is 13.2 Å². The van der Waals surface area contributed by atoms with Crippen molar-refractivity contribution in [2.24, 2.45) is 0 Å². The zero-order chi connectivity index (χ0) is 14.5. The molecular formula is C15H15FN2O2. The molecule has 0 bridgehead atoms. The number of hydrogen-bond acceptors (Lipinski definition) is 3. The van der Waals surface area contributed by atoms with Gasteiger partial charge in [0, 0.05) is 12.2 Å². The Morgan fingerprint density at radius 2 is 2.10 bits per heavy atom. The third-order valence-electron chi connectivity index (χ3n) is 2.82. The lowest BCUT2D eigenvalue weighted by Gasteiger charge is -2.08. The second-order valence-corrected chi connectivity index (χ2v) is 4.27. The smallest absolute Gasteiger partial charge is 0.254 e. The van der Waals surface area contributed by atoms with E-state index in [1.165, 1.54) is 18.2 Å². The van der Waals surface area contributed by atoms with Crippen molar-refractivity contribution in [3.63, 3.8) is 0 Å². The van der Waals surface area contributed by atoms with Crippen LogP contribution in [0.2, 0.25) is 0 Å². The number of methoxy groups -OCH3 is 1. The van der Waals surface area contributed by atoms with Gasteiger partial charge in [-0.1, -0.05) is 12.1 Å². The molecule has 0 heterocycles. The Hall–Kier alpha value is -2.56. The molecule has 2 aromatic carbocycles. The average molecular weight is 274 g/mol. The van der Waals surface area contributed by atoms with Crippen LogP contribution < -0.4 is 15.8 Å². The van der Waals surface area contributed by atoms with Crippen molar-refractivity contribution in [3.05, 3.63) is 59.4 Å². The van der Waals surface area contributed by atoms with Crippen LogP contribution >= 0.6 is 0 Å². The van der Waals surface area contributed by atoms with Crippen LogP contribution in [0.25, 0.3) is 0 Å². The maximum Gasteiger partial charge on any atom is 0.254 e. The first-order valence-electron chi connectivity index (χ1n) is 6.06. The molecule has 3 N–H and O–H groups in total. The largest absolute Gasteiger partial charge is 0.497 e. The Morgan fingerprint density at radius 1 is 1.30 bits per heavy atom. The molecule has 4 nitrogen and oxygen atoms in total. The van der Waals surface area contributed by atoms with Crippen LogP contribution in [0.4, 0.5) is 10.1 Å². The number of carbonyl (C=O) groups excluding carboxylic acids is 1. The average Bonchev–Trinajstić information content (AvgIpc) is 2.47. The Bertz CT molecular complexity index is 629. The fourth-order valence-corrected chi connectivity index (χ4v) is 1.78. The minimum Gasteiger partial charge on any atom is -0.497 e. The van der Waals surface area contributed by atoms with Crippen LogP contribution in [0.15, 0.2) is 42.5 Å². The molecule has 0 saturated carbocycles. The van der Waals surface area contributed by atoms with Gasteiger partial charge in [-0.25, -0.2) is 4.39 Å². The Balaban J connectivity index is 2.06. The van der Waals surface area contributed by atoms with E-state index in [0.29, 0.717) is 11.4 Å². The Morgan fingerprint density at radius 3 is 2.85 bits per heavy atom. The number of rotatable bonds is 4. The highest BCUT2D eigenvalue weighted by atomic mass is 19.1. The van der Waals surface area contributed by atoms with E-state index in [4.69, 9.17) is 10.5 Å². The standard InChI is InChI=1S/C15H15FN2O2/c1-20-12-4-2-3-10(7-12)9-18-15(19)13-8-11(17)5-6-14(13)16/h2-8H,9,17H2,1H3,(H,18,19). The minimum absolute atomic E-state index is 0.0621. The minimum atomic E-state index is -0.595. The second-order valence-electron chi connectivity index (χ2n) is 4.27. The number of nitrogens with two attached hydrogens (primary N) is 1. The third-order valence-corrected chi connectivity index (χ3v) is 2.82. The molecule has 0 aliphatic carbocycles. The summed E-state index contributed by atoms with van der Waals surface area (Å²) in [6.07, 6.45) is 0. The number of benzene rings is 2. The van der Waals surface area contributed by atoms with Crippen molar-refractivity contribution in [1.82, 2.24) is 5.32 Å². The molecule has 2 aromatic rings. The van der Waals surface area contributed by atoms with E-state index >= 15 is 0 Å². The zero-order valence-corrected chi connectivity index (χ0v) is 11.0. The normalized spacial score (nSPS) is 10.1. The van der Waals surface area contributed by atoms with Crippen molar-refractivity contribution in [2.45, 2.75) is 6.54 Å². The molecule has 20 heavy (non-hydrogen) atoms. The number of carbonyl (C=O) groups is 1. The monoisotopic (exact) mass is 274 g/mol. The lowest BCUT2D eigenvalue weighted by Crippen LogP contribution is -2.24. The first-order chi connectivity index (χ1) is 9.60. The highest BCUT2D eigenvalue weighted by Crippen LogP contribution is 2.14. The van der Waals surface area contributed by atoms with Crippen molar-refractivity contribution < 1.29 is 13.9 Å². The summed E-state index contributed by atoms with van der Waals surface area (Å²) < 4.78 is 18.6. The molecule has 0 radical (unpaired) electrons. The van der Waals surface area contributed by atoms with Gasteiger partial charge in [-0.05, 0) is 35.9 Å². The van der Waals surface area contributed by atoms with Crippen LogP contribution in [-0.4, -0.2) is 13.0 Å². The molecule has 2 rings (SSSR count). The first kappa shape index (κ1) is 13.9. The highest BCUT2D eigenvalue weighted by Gasteiger charge is 2.11. The van der Waals surface area contributed by atoms with Crippen molar-refractivity contribution >= 4 is 11.6 Å². The summed E-state index contributed by atoms with van der Waals surface area (Å²) in [5.41, 5.74) is 6.69. The van der Waals surface area contributed by atoms with E-state index in [0.717, 1.165) is 5.56 Å². The van der Waals surface area contributed by atoms with E-state index in [1.807, 2.05) is 18.2 Å².